The molecule has 176 valence electrons. The Bertz CT molecular complexity index is 792. The van der Waals surface area contributed by atoms with E-state index in [9.17, 15) is 14.4 Å². The van der Waals surface area contributed by atoms with Crippen molar-refractivity contribution in [2.45, 2.75) is 19.4 Å². The Kier molecular flexibility index (Phi) is 9.37. The minimum Gasteiger partial charge on any atom is -0.379 e. The van der Waals surface area contributed by atoms with Crippen molar-refractivity contribution in [2.75, 3.05) is 71.0 Å². The second-order valence-corrected chi connectivity index (χ2v) is 9.26. The molecule has 0 aromatic heterocycles. The number of carbonyl (C=O) groups excluding carboxylic acids is 3. The van der Waals surface area contributed by atoms with Crippen LogP contribution in [-0.4, -0.2) is 109 Å². The van der Waals surface area contributed by atoms with E-state index in [0.717, 1.165) is 24.4 Å². The zero-order valence-corrected chi connectivity index (χ0v) is 19.9. The molecular formula is C23H34N4O4S. The number of piperazine rings is 1. The van der Waals surface area contributed by atoms with Crippen LogP contribution in [0.25, 0.3) is 0 Å². The van der Waals surface area contributed by atoms with Gasteiger partial charge >= 0.3 is 0 Å². The highest BCUT2D eigenvalue weighted by Crippen LogP contribution is 2.11. The largest absolute Gasteiger partial charge is 0.379 e. The number of rotatable bonds is 8. The van der Waals surface area contributed by atoms with Crippen molar-refractivity contribution < 1.29 is 19.1 Å². The maximum Gasteiger partial charge on any atom is 0.251 e. The van der Waals surface area contributed by atoms with Gasteiger partial charge in [-0.25, -0.2) is 0 Å². The van der Waals surface area contributed by atoms with Gasteiger partial charge in [0.05, 0.1) is 19.8 Å². The third-order valence-electron chi connectivity index (χ3n) is 5.90. The molecule has 1 unspecified atom stereocenters. The van der Waals surface area contributed by atoms with E-state index in [-0.39, 0.29) is 17.7 Å². The molecule has 1 atom stereocenters. The lowest BCUT2D eigenvalue weighted by molar-refractivity contribution is -0.141. The zero-order chi connectivity index (χ0) is 22.9. The summed E-state index contributed by atoms with van der Waals surface area (Å²) in [7, 11) is 0. The van der Waals surface area contributed by atoms with Gasteiger partial charge in [0, 0.05) is 44.8 Å². The number of aryl methyl sites for hydroxylation is 1. The number of benzene rings is 1. The van der Waals surface area contributed by atoms with Crippen molar-refractivity contribution in [2.24, 2.45) is 0 Å². The summed E-state index contributed by atoms with van der Waals surface area (Å²) < 4.78 is 5.34. The number of morpholine rings is 1. The third kappa shape index (κ3) is 6.95. The van der Waals surface area contributed by atoms with Gasteiger partial charge in [-0.3, -0.25) is 19.3 Å². The maximum absolute atomic E-state index is 13.2. The molecule has 0 radical (unpaired) electrons. The summed E-state index contributed by atoms with van der Waals surface area (Å²) in [5, 5.41) is 2.94. The van der Waals surface area contributed by atoms with E-state index in [0.29, 0.717) is 57.9 Å². The number of amides is 3. The third-order valence-corrected chi connectivity index (χ3v) is 6.54. The van der Waals surface area contributed by atoms with E-state index in [1.54, 1.807) is 22.7 Å². The summed E-state index contributed by atoms with van der Waals surface area (Å²) in [5.41, 5.74) is 1.56. The maximum atomic E-state index is 13.2. The normalized spacial score (nSPS) is 18.3. The van der Waals surface area contributed by atoms with Gasteiger partial charge in [-0.2, -0.15) is 11.8 Å². The predicted octanol–water partition coefficient (Wildman–Crippen LogP) is 0.850. The lowest BCUT2D eigenvalue weighted by Gasteiger charge is -2.37. The van der Waals surface area contributed by atoms with E-state index in [1.165, 1.54) is 0 Å². The Morgan fingerprint density at radius 1 is 1.06 bits per heavy atom. The quantitative estimate of drug-likeness (QED) is 0.617. The molecule has 0 saturated carbocycles. The average Bonchev–Trinajstić information content (AvgIpc) is 2.82. The molecule has 3 amide bonds. The number of thioether (sulfide) groups is 1. The lowest BCUT2D eigenvalue weighted by atomic mass is 10.1. The summed E-state index contributed by atoms with van der Waals surface area (Å²) in [6.07, 6.45) is 2.57. The Labute approximate surface area is 194 Å². The highest BCUT2D eigenvalue weighted by molar-refractivity contribution is 7.98. The van der Waals surface area contributed by atoms with Crippen LogP contribution in [0.2, 0.25) is 0 Å². The van der Waals surface area contributed by atoms with Crippen LogP contribution in [0.3, 0.4) is 0 Å². The molecule has 1 N–H and O–H groups in total. The van der Waals surface area contributed by atoms with Crippen molar-refractivity contribution in [3.63, 3.8) is 0 Å². The predicted molar refractivity (Wildman–Crippen MR) is 126 cm³/mol. The number of hydrogen-bond donors (Lipinski definition) is 1. The fourth-order valence-electron chi connectivity index (χ4n) is 3.97. The SMILES string of the molecule is CSCCC(NC(=O)c1cccc(C)c1)C(=O)N1CCN(C(=O)CN2CCOCC2)CC1. The molecule has 0 spiro atoms. The highest BCUT2D eigenvalue weighted by atomic mass is 32.2. The molecule has 2 aliphatic rings. The van der Waals surface area contributed by atoms with Crippen molar-refractivity contribution in [3.8, 4) is 0 Å². The average molecular weight is 463 g/mol. The zero-order valence-electron chi connectivity index (χ0n) is 19.0. The number of nitrogens with one attached hydrogen (secondary N) is 1. The first kappa shape index (κ1) is 24.5. The monoisotopic (exact) mass is 462 g/mol. The summed E-state index contributed by atoms with van der Waals surface area (Å²) in [4.78, 5) is 44.3. The topological polar surface area (TPSA) is 82.2 Å². The second-order valence-electron chi connectivity index (χ2n) is 8.27. The molecule has 32 heavy (non-hydrogen) atoms. The molecule has 0 aliphatic carbocycles. The summed E-state index contributed by atoms with van der Waals surface area (Å²) >= 11 is 1.65. The van der Waals surface area contributed by atoms with Crippen LogP contribution in [0.4, 0.5) is 0 Å². The van der Waals surface area contributed by atoms with Gasteiger partial charge in [-0.1, -0.05) is 17.7 Å². The van der Waals surface area contributed by atoms with Gasteiger partial charge in [-0.05, 0) is 37.5 Å². The van der Waals surface area contributed by atoms with E-state index in [2.05, 4.69) is 10.2 Å². The number of carbonyl (C=O) groups is 3. The minimum absolute atomic E-state index is 0.0691. The summed E-state index contributed by atoms with van der Waals surface area (Å²) in [6.45, 7) is 7.26. The molecule has 2 aliphatic heterocycles. The molecule has 2 fully saturated rings. The Morgan fingerprint density at radius 3 is 2.41 bits per heavy atom. The first-order valence-corrected chi connectivity index (χ1v) is 12.6. The fraction of sp³-hybridized carbons (Fsp3) is 0.609. The summed E-state index contributed by atoms with van der Waals surface area (Å²) in [6, 6.07) is 6.80. The molecule has 9 heteroatoms. The molecule has 3 rings (SSSR count). The fourth-order valence-corrected chi connectivity index (χ4v) is 4.44. The van der Waals surface area contributed by atoms with Crippen LogP contribution in [0.15, 0.2) is 24.3 Å². The van der Waals surface area contributed by atoms with Crippen molar-refractivity contribution in [1.82, 2.24) is 20.0 Å². The van der Waals surface area contributed by atoms with Crippen molar-refractivity contribution in [3.05, 3.63) is 35.4 Å². The van der Waals surface area contributed by atoms with Gasteiger partial charge in [-0.15, -0.1) is 0 Å². The smallest absolute Gasteiger partial charge is 0.251 e. The lowest BCUT2D eigenvalue weighted by Crippen LogP contribution is -2.57. The van der Waals surface area contributed by atoms with Crippen LogP contribution in [0.1, 0.15) is 22.3 Å². The number of ether oxygens (including phenoxy) is 1. The summed E-state index contributed by atoms with van der Waals surface area (Å²) in [5.74, 6) is 0.584. The van der Waals surface area contributed by atoms with Gasteiger partial charge in [0.2, 0.25) is 11.8 Å². The van der Waals surface area contributed by atoms with Crippen LogP contribution < -0.4 is 5.32 Å². The van der Waals surface area contributed by atoms with E-state index >= 15 is 0 Å². The second kappa shape index (κ2) is 12.2. The van der Waals surface area contributed by atoms with Gasteiger partial charge in [0.25, 0.3) is 5.91 Å². The van der Waals surface area contributed by atoms with E-state index in [4.69, 9.17) is 4.74 Å². The van der Waals surface area contributed by atoms with Crippen LogP contribution in [-0.2, 0) is 14.3 Å². The van der Waals surface area contributed by atoms with E-state index in [1.807, 2.05) is 36.3 Å². The molecular weight excluding hydrogens is 428 g/mol. The highest BCUT2D eigenvalue weighted by Gasteiger charge is 2.30. The molecule has 2 saturated heterocycles. The Morgan fingerprint density at radius 2 is 1.75 bits per heavy atom. The Balaban J connectivity index is 1.53. The number of hydrogen-bond acceptors (Lipinski definition) is 6. The first-order chi connectivity index (χ1) is 15.5. The molecule has 2 heterocycles. The number of nitrogens with zero attached hydrogens (tertiary/aromatic N) is 3. The van der Waals surface area contributed by atoms with E-state index < -0.39 is 6.04 Å². The van der Waals surface area contributed by atoms with Gasteiger partial charge in [0.1, 0.15) is 6.04 Å². The van der Waals surface area contributed by atoms with Gasteiger partial charge in [0.15, 0.2) is 0 Å². The van der Waals surface area contributed by atoms with Gasteiger partial charge < -0.3 is 19.9 Å². The Hall–Kier alpha value is -2.10. The van der Waals surface area contributed by atoms with Crippen LogP contribution in [0, 0.1) is 6.92 Å². The van der Waals surface area contributed by atoms with Crippen molar-refractivity contribution >= 4 is 29.5 Å². The van der Waals surface area contributed by atoms with Crippen molar-refractivity contribution in [1.29, 1.82) is 0 Å². The molecule has 0 bridgehead atoms. The van der Waals surface area contributed by atoms with Crippen LogP contribution >= 0.6 is 11.8 Å². The standard InChI is InChI=1S/C23H34N4O4S/c1-18-4-3-5-19(16-18)22(29)24-20(6-15-32-2)23(30)27-9-7-26(8-10-27)21(28)17-25-11-13-31-14-12-25/h3-5,16,20H,6-15,17H2,1-2H3,(H,24,29). The first-order valence-electron chi connectivity index (χ1n) is 11.2. The molecule has 1 aromatic rings. The molecule has 8 nitrogen and oxygen atoms in total. The van der Waals surface area contributed by atoms with Crippen LogP contribution in [0.5, 0.6) is 0 Å². The minimum atomic E-state index is -0.564. The molecule has 1 aromatic carbocycles.